The number of hydrogen-bond donors (Lipinski definition) is 2. The maximum absolute atomic E-state index is 12.9. The Morgan fingerprint density at radius 2 is 1.65 bits per heavy atom. The summed E-state index contributed by atoms with van der Waals surface area (Å²) >= 11 is 0. The highest BCUT2D eigenvalue weighted by molar-refractivity contribution is 6.08. The summed E-state index contributed by atoms with van der Waals surface area (Å²) in [6, 6.07) is 18.9. The van der Waals surface area contributed by atoms with Gasteiger partial charge in [0.15, 0.2) is 5.69 Å². The van der Waals surface area contributed by atoms with E-state index in [9.17, 15) is 9.59 Å². The lowest BCUT2D eigenvalue weighted by atomic mass is 10.1. The molecule has 0 saturated carbocycles. The van der Waals surface area contributed by atoms with Gasteiger partial charge in [0.25, 0.3) is 5.91 Å². The normalized spacial score (nSPS) is 13.4. The number of para-hydroxylation sites is 3. The summed E-state index contributed by atoms with van der Waals surface area (Å²) < 4.78 is 0. The predicted octanol–water partition coefficient (Wildman–Crippen LogP) is 2.91. The van der Waals surface area contributed by atoms with E-state index in [1.54, 1.807) is 4.90 Å². The lowest BCUT2D eigenvalue weighted by Gasteiger charge is -2.37. The van der Waals surface area contributed by atoms with Gasteiger partial charge >= 0.3 is 5.97 Å². The summed E-state index contributed by atoms with van der Waals surface area (Å²) in [6.45, 7) is 1.10. The van der Waals surface area contributed by atoms with Crippen LogP contribution in [0.5, 0.6) is 0 Å². The number of benzene rings is 2. The van der Waals surface area contributed by atoms with Crippen LogP contribution in [-0.4, -0.2) is 40.3 Å². The molecular weight excluding hydrogens is 332 g/mol. The number of carbonyl (C=O) groups excluding carboxylic acids is 1. The second-order valence-electron chi connectivity index (χ2n) is 5.90. The summed E-state index contributed by atoms with van der Waals surface area (Å²) in [5.74, 6) is -1.47. The number of carboxylic acid groups (broad SMARTS) is 1. The Labute approximate surface area is 149 Å². The van der Waals surface area contributed by atoms with E-state index in [1.165, 1.54) is 6.07 Å². The van der Waals surface area contributed by atoms with E-state index >= 15 is 0 Å². The Bertz CT molecular complexity index is 968. The number of nitrogens with one attached hydrogen (secondary N) is 1. The first-order valence-corrected chi connectivity index (χ1v) is 8.17. The molecule has 0 spiro atoms. The number of hydrogen-bond acceptors (Lipinski definition) is 4. The van der Waals surface area contributed by atoms with Gasteiger partial charge in [-0.25, -0.2) is 4.79 Å². The van der Waals surface area contributed by atoms with E-state index in [4.69, 9.17) is 5.11 Å². The van der Waals surface area contributed by atoms with Crippen LogP contribution in [0.15, 0.2) is 60.7 Å². The van der Waals surface area contributed by atoms with Crippen LogP contribution < -0.4 is 9.80 Å². The van der Waals surface area contributed by atoms with E-state index in [0.717, 1.165) is 17.1 Å². The van der Waals surface area contributed by atoms with Crippen molar-refractivity contribution in [1.82, 2.24) is 10.2 Å². The minimum Gasteiger partial charge on any atom is -0.477 e. The third kappa shape index (κ3) is 2.69. The molecule has 0 radical (unpaired) electrons. The van der Waals surface area contributed by atoms with Crippen molar-refractivity contribution in [2.75, 3.05) is 22.9 Å². The minimum atomic E-state index is -1.15. The van der Waals surface area contributed by atoms with Crippen molar-refractivity contribution in [3.05, 3.63) is 72.1 Å². The maximum Gasteiger partial charge on any atom is 0.353 e. The van der Waals surface area contributed by atoms with Gasteiger partial charge in [0, 0.05) is 24.8 Å². The van der Waals surface area contributed by atoms with E-state index in [-0.39, 0.29) is 17.3 Å². The van der Waals surface area contributed by atoms with Crippen molar-refractivity contribution in [2.24, 2.45) is 0 Å². The Hall–Kier alpha value is -3.61. The quantitative estimate of drug-likeness (QED) is 0.760. The van der Waals surface area contributed by atoms with Crippen LogP contribution in [0, 0.1) is 0 Å². The molecule has 7 heteroatoms. The maximum atomic E-state index is 12.9. The number of aromatic carboxylic acids is 1. The third-order valence-corrected chi connectivity index (χ3v) is 4.35. The van der Waals surface area contributed by atoms with Crippen molar-refractivity contribution in [1.29, 1.82) is 0 Å². The van der Waals surface area contributed by atoms with Gasteiger partial charge in [-0.3, -0.25) is 9.89 Å². The molecule has 3 aromatic rings. The zero-order valence-corrected chi connectivity index (χ0v) is 13.8. The van der Waals surface area contributed by atoms with Gasteiger partial charge in [-0.1, -0.05) is 30.3 Å². The predicted molar refractivity (Wildman–Crippen MR) is 97.1 cm³/mol. The molecule has 0 bridgehead atoms. The second kappa shape index (κ2) is 6.36. The van der Waals surface area contributed by atoms with Gasteiger partial charge in [-0.05, 0) is 24.3 Å². The molecule has 4 rings (SSSR count). The van der Waals surface area contributed by atoms with E-state index in [1.807, 2.05) is 54.6 Å². The molecule has 26 heavy (non-hydrogen) atoms. The fourth-order valence-corrected chi connectivity index (χ4v) is 3.13. The van der Waals surface area contributed by atoms with E-state index < -0.39 is 5.97 Å². The molecule has 0 aliphatic carbocycles. The Morgan fingerprint density at radius 3 is 2.35 bits per heavy atom. The first kappa shape index (κ1) is 15.9. The lowest BCUT2D eigenvalue weighted by Crippen LogP contribution is -2.42. The molecule has 2 heterocycles. The highest BCUT2D eigenvalue weighted by atomic mass is 16.4. The number of nitrogens with zero attached hydrogens (tertiary/aromatic N) is 3. The smallest absolute Gasteiger partial charge is 0.353 e. The first-order valence-electron chi connectivity index (χ1n) is 8.17. The molecule has 1 amide bonds. The van der Waals surface area contributed by atoms with Gasteiger partial charge in [0.1, 0.15) is 5.69 Å². The van der Waals surface area contributed by atoms with Crippen LogP contribution in [0.1, 0.15) is 21.0 Å². The van der Waals surface area contributed by atoms with Gasteiger partial charge in [0.05, 0.1) is 11.4 Å². The lowest BCUT2D eigenvalue weighted by molar-refractivity contribution is 0.0690. The fraction of sp³-hybridized carbons (Fsp3) is 0.105. The van der Waals surface area contributed by atoms with Gasteiger partial charge in [-0.15, -0.1) is 0 Å². The van der Waals surface area contributed by atoms with Crippen LogP contribution >= 0.6 is 0 Å². The van der Waals surface area contributed by atoms with Gasteiger partial charge in [-0.2, -0.15) is 5.10 Å². The monoisotopic (exact) mass is 348 g/mol. The molecule has 2 N–H and O–H groups in total. The number of carbonyl (C=O) groups is 2. The standard InChI is InChI=1S/C19H16N4O3/c24-18(14-12-15(19(25)26)21-20-14)23-11-10-22(13-6-2-1-3-7-13)16-8-4-5-9-17(16)23/h1-9,12H,10-11H2,(H,20,21)(H,25,26). The summed E-state index contributed by atoms with van der Waals surface area (Å²) in [5, 5.41) is 15.2. The second-order valence-corrected chi connectivity index (χ2v) is 5.90. The number of rotatable bonds is 3. The van der Waals surface area contributed by atoms with Gasteiger partial charge < -0.3 is 14.9 Å². The molecule has 0 saturated heterocycles. The Kier molecular flexibility index (Phi) is 3.89. The number of aromatic amines is 1. The summed E-state index contributed by atoms with van der Waals surface area (Å²) in [5.41, 5.74) is 2.73. The number of amides is 1. The minimum absolute atomic E-state index is 0.0883. The molecular formula is C19H16N4O3. The van der Waals surface area contributed by atoms with Crippen molar-refractivity contribution in [3.63, 3.8) is 0 Å². The number of aromatic nitrogens is 2. The zero-order chi connectivity index (χ0) is 18.1. The van der Waals surface area contributed by atoms with Crippen LogP contribution in [-0.2, 0) is 0 Å². The fourth-order valence-electron chi connectivity index (χ4n) is 3.13. The Balaban J connectivity index is 1.70. The third-order valence-electron chi connectivity index (χ3n) is 4.35. The van der Waals surface area contributed by atoms with Crippen LogP contribution in [0.2, 0.25) is 0 Å². The number of anilines is 3. The number of carboxylic acids is 1. The van der Waals surface area contributed by atoms with E-state index in [0.29, 0.717) is 13.1 Å². The molecule has 130 valence electrons. The Morgan fingerprint density at radius 1 is 0.962 bits per heavy atom. The molecule has 0 atom stereocenters. The topological polar surface area (TPSA) is 89.5 Å². The molecule has 2 aromatic carbocycles. The van der Waals surface area contributed by atoms with Crippen LogP contribution in [0.4, 0.5) is 17.1 Å². The molecule has 0 unspecified atom stereocenters. The molecule has 0 fully saturated rings. The van der Waals surface area contributed by atoms with Crippen molar-refractivity contribution in [2.45, 2.75) is 0 Å². The highest BCUT2D eigenvalue weighted by Crippen LogP contribution is 2.37. The summed E-state index contributed by atoms with van der Waals surface area (Å²) in [6.07, 6.45) is 0. The molecule has 1 aliphatic rings. The SMILES string of the molecule is O=C(O)c1cc(C(=O)N2CCN(c3ccccc3)c3ccccc32)n[nH]1. The molecule has 1 aliphatic heterocycles. The average Bonchev–Trinajstić information content (AvgIpc) is 3.18. The van der Waals surface area contributed by atoms with Gasteiger partial charge in [0.2, 0.25) is 0 Å². The average molecular weight is 348 g/mol. The zero-order valence-electron chi connectivity index (χ0n) is 13.8. The first-order chi connectivity index (χ1) is 12.6. The van der Waals surface area contributed by atoms with Crippen LogP contribution in [0.25, 0.3) is 0 Å². The van der Waals surface area contributed by atoms with Crippen molar-refractivity contribution in [3.8, 4) is 0 Å². The van der Waals surface area contributed by atoms with Crippen LogP contribution in [0.3, 0.4) is 0 Å². The molecule has 1 aromatic heterocycles. The van der Waals surface area contributed by atoms with Crippen molar-refractivity contribution >= 4 is 28.9 Å². The van der Waals surface area contributed by atoms with Crippen molar-refractivity contribution < 1.29 is 14.7 Å². The number of fused-ring (bicyclic) bond motifs is 1. The van der Waals surface area contributed by atoms with E-state index in [2.05, 4.69) is 15.1 Å². The number of H-pyrrole nitrogens is 1. The largest absolute Gasteiger partial charge is 0.477 e. The molecule has 7 nitrogen and oxygen atoms in total. The summed E-state index contributed by atoms with van der Waals surface area (Å²) in [4.78, 5) is 27.7. The highest BCUT2D eigenvalue weighted by Gasteiger charge is 2.29. The summed E-state index contributed by atoms with van der Waals surface area (Å²) in [7, 11) is 0.